The minimum absolute atomic E-state index is 0.979. The topological polar surface area (TPSA) is 0 Å². The zero-order valence-electron chi connectivity index (χ0n) is 12.1. The molecule has 0 heteroatoms. The third kappa shape index (κ3) is 3.41. The fraction of sp³-hybridized carbons (Fsp3) is 0.632. The maximum atomic E-state index is 2.29. The van der Waals surface area contributed by atoms with Crippen molar-refractivity contribution < 1.29 is 0 Å². The number of rotatable bonds is 5. The van der Waals surface area contributed by atoms with Crippen LogP contribution >= 0.6 is 0 Å². The van der Waals surface area contributed by atoms with Crippen molar-refractivity contribution in [1.29, 1.82) is 0 Å². The van der Waals surface area contributed by atoms with Crippen LogP contribution in [0.5, 0.6) is 0 Å². The van der Waals surface area contributed by atoms with Crippen LogP contribution in [0.1, 0.15) is 63.4 Å². The summed E-state index contributed by atoms with van der Waals surface area (Å²) in [5.74, 6) is 3.91. The third-order valence-electron chi connectivity index (χ3n) is 5.30. The molecule has 0 atom stereocenters. The molecule has 0 amide bonds. The lowest BCUT2D eigenvalue weighted by molar-refractivity contribution is 0.399. The Hall–Kier alpha value is -0.780. The lowest BCUT2D eigenvalue weighted by Gasteiger charge is -2.28. The van der Waals surface area contributed by atoms with Gasteiger partial charge in [-0.05, 0) is 61.8 Å². The molecule has 0 aromatic heterocycles. The summed E-state index contributed by atoms with van der Waals surface area (Å²) >= 11 is 0. The first-order chi connectivity index (χ1) is 9.43. The molecule has 1 radical (unpaired) electrons. The Kier molecular flexibility index (Phi) is 4.58. The first-order valence-corrected chi connectivity index (χ1v) is 8.33. The lowest BCUT2D eigenvalue weighted by atomic mass is 9.76. The van der Waals surface area contributed by atoms with E-state index >= 15 is 0 Å². The van der Waals surface area contributed by atoms with Crippen molar-refractivity contribution in [2.45, 2.75) is 64.2 Å². The van der Waals surface area contributed by atoms with Crippen LogP contribution in [0.3, 0.4) is 0 Å². The van der Waals surface area contributed by atoms with Crippen LogP contribution in [0.25, 0.3) is 0 Å². The smallest absolute Gasteiger partial charge is 0.0176 e. The third-order valence-corrected chi connectivity index (χ3v) is 5.30. The molecule has 3 rings (SSSR count). The van der Waals surface area contributed by atoms with Gasteiger partial charge in [-0.15, -0.1) is 0 Å². The summed E-state index contributed by atoms with van der Waals surface area (Å²) in [5.41, 5.74) is 1.52. The summed E-state index contributed by atoms with van der Waals surface area (Å²) in [7, 11) is 0. The highest BCUT2D eigenvalue weighted by Gasteiger charge is 2.33. The second-order valence-electron chi connectivity index (χ2n) is 6.52. The minimum atomic E-state index is 0.979. The lowest BCUT2D eigenvalue weighted by Crippen LogP contribution is -2.18. The van der Waals surface area contributed by atoms with E-state index < -0.39 is 0 Å². The van der Waals surface area contributed by atoms with E-state index in [2.05, 4.69) is 30.3 Å². The van der Waals surface area contributed by atoms with E-state index in [-0.39, 0.29) is 0 Å². The number of benzene rings is 1. The molecule has 0 aliphatic heterocycles. The van der Waals surface area contributed by atoms with Gasteiger partial charge < -0.3 is 0 Å². The van der Waals surface area contributed by atoms with Crippen molar-refractivity contribution in [1.82, 2.24) is 0 Å². The molecular formula is C19H27. The fourth-order valence-corrected chi connectivity index (χ4v) is 4.27. The van der Waals surface area contributed by atoms with E-state index in [0.717, 1.165) is 11.8 Å². The van der Waals surface area contributed by atoms with Gasteiger partial charge in [-0.3, -0.25) is 0 Å². The molecule has 1 aromatic rings. The Labute approximate surface area is 118 Å². The van der Waals surface area contributed by atoms with Gasteiger partial charge in [0.05, 0.1) is 0 Å². The van der Waals surface area contributed by atoms with Crippen molar-refractivity contribution >= 4 is 0 Å². The highest BCUT2D eigenvalue weighted by molar-refractivity contribution is 5.17. The Bertz CT molecular complexity index is 339. The van der Waals surface area contributed by atoms with Crippen LogP contribution in [0.15, 0.2) is 30.3 Å². The Morgan fingerprint density at radius 1 is 0.789 bits per heavy atom. The zero-order valence-corrected chi connectivity index (χ0v) is 12.1. The normalized spacial score (nSPS) is 21.5. The molecule has 0 bridgehead atoms. The Balaban J connectivity index is 1.61. The molecule has 19 heavy (non-hydrogen) atoms. The van der Waals surface area contributed by atoms with E-state index in [1.54, 1.807) is 0 Å². The van der Waals surface area contributed by atoms with Crippen LogP contribution in [-0.2, 0) is 6.42 Å². The summed E-state index contributed by atoms with van der Waals surface area (Å²) in [6.07, 6.45) is 14.5. The zero-order chi connectivity index (χ0) is 12.9. The minimum Gasteiger partial charge on any atom is -0.0622 e. The summed E-state index contributed by atoms with van der Waals surface area (Å²) in [5, 5.41) is 0. The second-order valence-corrected chi connectivity index (χ2v) is 6.52. The van der Waals surface area contributed by atoms with Gasteiger partial charge in [-0.25, -0.2) is 0 Å². The molecular weight excluding hydrogens is 228 g/mol. The molecule has 2 saturated carbocycles. The Morgan fingerprint density at radius 2 is 1.32 bits per heavy atom. The molecule has 2 fully saturated rings. The van der Waals surface area contributed by atoms with E-state index in [9.17, 15) is 0 Å². The fourth-order valence-electron chi connectivity index (χ4n) is 4.27. The van der Waals surface area contributed by atoms with Crippen LogP contribution in [0.2, 0.25) is 0 Å². The average molecular weight is 255 g/mol. The summed E-state index contributed by atoms with van der Waals surface area (Å²) in [6, 6.07) is 11.1. The number of hydrogen-bond acceptors (Lipinski definition) is 0. The molecule has 0 nitrogen and oxygen atoms in total. The summed E-state index contributed by atoms with van der Waals surface area (Å²) in [6.45, 7) is 0. The maximum absolute atomic E-state index is 2.29. The predicted octanol–water partition coefficient (Wildman–Crippen LogP) is 5.57. The summed E-state index contributed by atoms with van der Waals surface area (Å²) < 4.78 is 0. The predicted molar refractivity (Wildman–Crippen MR) is 81.9 cm³/mol. The highest BCUT2D eigenvalue weighted by atomic mass is 14.4. The van der Waals surface area contributed by atoms with Crippen LogP contribution in [0.4, 0.5) is 0 Å². The van der Waals surface area contributed by atoms with Crippen LogP contribution in [-0.4, -0.2) is 0 Å². The van der Waals surface area contributed by atoms with Crippen LogP contribution in [0, 0.1) is 17.8 Å². The van der Waals surface area contributed by atoms with E-state index in [4.69, 9.17) is 0 Å². The monoisotopic (exact) mass is 255 g/mol. The number of hydrogen-bond donors (Lipinski definition) is 0. The van der Waals surface area contributed by atoms with Gasteiger partial charge in [0.2, 0.25) is 0 Å². The molecule has 0 saturated heterocycles. The van der Waals surface area contributed by atoms with Crippen molar-refractivity contribution in [3.8, 4) is 0 Å². The molecule has 103 valence electrons. The van der Waals surface area contributed by atoms with Gasteiger partial charge in [0.1, 0.15) is 0 Å². The molecule has 1 aromatic carbocycles. The highest BCUT2D eigenvalue weighted by Crippen LogP contribution is 2.45. The molecule has 2 aliphatic rings. The maximum Gasteiger partial charge on any atom is -0.0176 e. The molecule has 0 N–H and O–H groups in total. The van der Waals surface area contributed by atoms with Crippen molar-refractivity contribution in [2.75, 3.05) is 0 Å². The number of aryl methyl sites for hydroxylation is 1. The van der Waals surface area contributed by atoms with Crippen molar-refractivity contribution in [3.05, 3.63) is 41.8 Å². The second kappa shape index (κ2) is 6.59. The van der Waals surface area contributed by atoms with Crippen molar-refractivity contribution in [2.24, 2.45) is 11.8 Å². The van der Waals surface area contributed by atoms with Gasteiger partial charge >= 0.3 is 0 Å². The summed E-state index contributed by atoms with van der Waals surface area (Å²) in [4.78, 5) is 0. The Morgan fingerprint density at radius 3 is 1.84 bits per heavy atom. The van der Waals surface area contributed by atoms with Crippen molar-refractivity contribution in [3.63, 3.8) is 0 Å². The average Bonchev–Trinajstić information content (AvgIpc) is 3.13. The van der Waals surface area contributed by atoms with Gasteiger partial charge in [0.25, 0.3) is 0 Å². The van der Waals surface area contributed by atoms with Gasteiger partial charge in [-0.1, -0.05) is 56.0 Å². The standard InChI is InChI=1S/C19H27/c1-2-8-16(9-3-1)14-15-19(17-10-4-5-11-17)18-12-6-7-13-18/h1-3,8-9,17-18H,4-7,10-15H2. The van der Waals surface area contributed by atoms with E-state index in [0.29, 0.717) is 0 Å². The van der Waals surface area contributed by atoms with E-state index in [1.165, 1.54) is 69.8 Å². The molecule has 0 heterocycles. The van der Waals surface area contributed by atoms with Gasteiger partial charge in [0.15, 0.2) is 0 Å². The molecule has 2 aliphatic carbocycles. The van der Waals surface area contributed by atoms with E-state index in [1.807, 2.05) is 5.92 Å². The first kappa shape index (κ1) is 13.2. The largest absolute Gasteiger partial charge is 0.0622 e. The molecule has 0 spiro atoms. The first-order valence-electron chi connectivity index (χ1n) is 8.33. The quantitative estimate of drug-likeness (QED) is 0.645. The van der Waals surface area contributed by atoms with Crippen LogP contribution < -0.4 is 0 Å². The van der Waals surface area contributed by atoms with Gasteiger partial charge in [-0.2, -0.15) is 0 Å². The molecule has 0 unspecified atom stereocenters. The SMILES string of the molecule is c1ccc(CC[C](C2CCCC2)C2CCCC2)cc1. The van der Waals surface area contributed by atoms with Gasteiger partial charge in [0, 0.05) is 0 Å².